The molecule has 5 rings (SSSR count). The lowest BCUT2D eigenvalue weighted by molar-refractivity contribution is 0.0401. The van der Waals surface area contributed by atoms with Crippen LogP contribution in [0.2, 0.25) is 0 Å². The van der Waals surface area contributed by atoms with Crippen molar-refractivity contribution in [2.45, 2.75) is 70.6 Å². The van der Waals surface area contributed by atoms with E-state index >= 15 is 0 Å². The van der Waals surface area contributed by atoms with E-state index in [0.29, 0.717) is 18.4 Å². The number of aromatic nitrogens is 1. The summed E-state index contributed by atoms with van der Waals surface area (Å²) < 4.78 is 6.99. The Morgan fingerprint density at radius 1 is 1.44 bits per heavy atom. The predicted molar refractivity (Wildman–Crippen MR) is 94.8 cm³/mol. The van der Waals surface area contributed by atoms with Gasteiger partial charge in [0, 0.05) is 12.1 Å². The fourth-order valence-electron chi connectivity index (χ4n) is 5.77. The van der Waals surface area contributed by atoms with Crippen LogP contribution in [0.5, 0.6) is 5.88 Å². The van der Waals surface area contributed by atoms with Crippen LogP contribution >= 0.6 is 11.3 Å². The molecule has 138 valence electrons. The molecule has 4 saturated carbocycles. The van der Waals surface area contributed by atoms with E-state index < -0.39 is 5.60 Å². The van der Waals surface area contributed by atoms with Crippen molar-refractivity contribution in [3.63, 3.8) is 0 Å². The number of ether oxygens (including phenoxy) is 1. The summed E-state index contributed by atoms with van der Waals surface area (Å²) in [5.74, 6) is 1.08. The Morgan fingerprint density at radius 3 is 2.84 bits per heavy atom. The monoisotopic (exact) mass is 366 g/mol. The van der Waals surface area contributed by atoms with Crippen LogP contribution in [-0.4, -0.2) is 26.9 Å². The summed E-state index contributed by atoms with van der Waals surface area (Å²) in [5, 5.41) is 14.7. The molecule has 0 spiro atoms. The number of amides is 1. The lowest BCUT2D eigenvalue weighted by atomic mass is 9.68. The highest BCUT2D eigenvalue weighted by molar-refractivity contribution is 7.07. The fourth-order valence-corrected chi connectivity index (χ4v) is 6.39. The molecule has 25 heavy (non-hydrogen) atoms. The second-order valence-electron chi connectivity index (χ2n) is 9.32. The van der Waals surface area contributed by atoms with Crippen LogP contribution in [0.3, 0.4) is 0 Å². The predicted octanol–water partition coefficient (Wildman–Crippen LogP) is 3.09. The van der Waals surface area contributed by atoms with Crippen LogP contribution in [0.4, 0.5) is 4.79 Å². The van der Waals surface area contributed by atoms with Gasteiger partial charge in [-0.3, -0.25) is 9.36 Å². The third kappa shape index (κ3) is 2.86. The first-order chi connectivity index (χ1) is 11.6. The van der Waals surface area contributed by atoms with E-state index in [1.807, 2.05) is 20.8 Å². The zero-order valence-corrected chi connectivity index (χ0v) is 15.8. The molecule has 1 heterocycles. The lowest BCUT2D eigenvalue weighted by Gasteiger charge is -2.41. The van der Waals surface area contributed by atoms with Crippen LogP contribution in [0.15, 0.2) is 10.2 Å². The average Bonchev–Trinajstić information content (AvgIpc) is 2.95. The van der Waals surface area contributed by atoms with Crippen LogP contribution in [-0.2, 0) is 11.3 Å². The normalized spacial score (nSPS) is 36.0. The van der Waals surface area contributed by atoms with Crippen molar-refractivity contribution in [2.75, 3.05) is 0 Å². The number of aromatic hydroxyl groups is 1. The number of nitrogens with one attached hydrogen (secondary N) is 1. The molecule has 6 nitrogen and oxygen atoms in total. The van der Waals surface area contributed by atoms with Crippen LogP contribution in [0.1, 0.15) is 52.9 Å². The van der Waals surface area contributed by atoms with Crippen molar-refractivity contribution in [3.8, 4) is 5.88 Å². The van der Waals surface area contributed by atoms with E-state index in [1.54, 1.807) is 0 Å². The van der Waals surface area contributed by atoms with Gasteiger partial charge in [-0.1, -0.05) is 11.3 Å². The van der Waals surface area contributed by atoms with Crippen LogP contribution in [0, 0.1) is 17.3 Å². The third-order valence-electron chi connectivity index (χ3n) is 6.15. The first kappa shape index (κ1) is 16.9. The van der Waals surface area contributed by atoms with Crippen molar-refractivity contribution in [1.29, 1.82) is 0 Å². The number of carbonyl (C=O) groups excluding carboxylic acids is 1. The summed E-state index contributed by atoms with van der Waals surface area (Å²) in [4.78, 5) is 24.3. The summed E-state index contributed by atoms with van der Waals surface area (Å²) in [6.07, 6.45) is 4.74. The Labute approximate surface area is 151 Å². The smallest absolute Gasteiger partial charge is 0.408 e. The Balaban J connectivity index is 1.55. The maximum absolute atomic E-state index is 12.4. The van der Waals surface area contributed by atoms with E-state index in [2.05, 4.69) is 5.32 Å². The first-order valence-corrected chi connectivity index (χ1v) is 9.86. The lowest BCUT2D eigenvalue weighted by Crippen LogP contribution is -2.52. The number of carbonyl (C=O) groups is 1. The van der Waals surface area contributed by atoms with E-state index in [1.165, 1.54) is 9.95 Å². The second-order valence-corrected chi connectivity index (χ2v) is 10.1. The summed E-state index contributed by atoms with van der Waals surface area (Å²) in [7, 11) is 0. The summed E-state index contributed by atoms with van der Waals surface area (Å²) in [6, 6.07) is 0. The highest BCUT2D eigenvalue weighted by Crippen LogP contribution is 2.66. The molecule has 4 unspecified atom stereocenters. The van der Waals surface area contributed by atoms with Crippen molar-refractivity contribution >= 4 is 17.4 Å². The van der Waals surface area contributed by atoms with E-state index in [9.17, 15) is 14.7 Å². The van der Waals surface area contributed by atoms with Gasteiger partial charge in [-0.2, -0.15) is 0 Å². The van der Waals surface area contributed by atoms with Crippen molar-refractivity contribution < 1.29 is 14.6 Å². The summed E-state index contributed by atoms with van der Waals surface area (Å²) >= 11 is 1.04. The number of hydrogen-bond donors (Lipinski definition) is 2. The standard InChI is InChI=1S/C18H26N2O4S/c1-16(2,3)24-14(22)19-18-6-11-4-12(18)7-17(5-11,9-18)10-20-13(21)8-25-15(20)23/h8,11-12,21H,4-7,9-10H2,1-3H3,(H,19,22). The van der Waals surface area contributed by atoms with Gasteiger partial charge in [0.25, 0.3) is 0 Å². The molecular weight excluding hydrogens is 340 g/mol. The molecule has 1 amide bonds. The van der Waals surface area contributed by atoms with Gasteiger partial charge in [0.2, 0.25) is 5.88 Å². The molecule has 0 aromatic carbocycles. The largest absolute Gasteiger partial charge is 0.494 e. The Bertz CT molecular complexity index is 764. The van der Waals surface area contributed by atoms with Gasteiger partial charge < -0.3 is 15.2 Å². The molecule has 0 saturated heterocycles. The average molecular weight is 366 g/mol. The fraction of sp³-hybridized carbons (Fsp3) is 0.778. The number of thiazole rings is 1. The zero-order chi connectivity index (χ0) is 18.0. The van der Waals surface area contributed by atoms with Gasteiger partial charge in [-0.25, -0.2) is 4.79 Å². The first-order valence-electron chi connectivity index (χ1n) is 8.98. The molecule has 1 aromatic heterocycles. The molecule has 0 aliphatic heterocycles. The second kappa shape index (κ2) is 5.25. The molecule has 2 N–H and O–H groups in total. The van der Waals surface area contributed by atoms with E-state index in [0.717, 1.165) is 43.4 Å². The molecule has 4 bridgehead atoms. The van der Waals surface area contributed by atoms with Crippen molar-refractivity contribution in [1.82, 2.24) is 9.88 Å². The molecule has 7 heteroatoms. The van der Waals surface area contributed by atoms with Gasteiger partial charge in [0.05, 0.1) is 5.38 Å². The summed E-state index contributed by atoms with van der Waals surface area (Å²) in [6.45, 7) is 6.16. The van der Waals surface area contributed by atoms with Crippen molar-refractivity contribution in [3.05, 3.63) is 15.0 Å². The van der Waals surface area contributed by atoms with Gasteiger partial charge in [-0.15, -0.1) is 0 Å². The molecule has 0 radical (unpaired) electrons. The van der Waals surface area contributed by atoms with Crippen molar-refractivity contribution in [2.24, 2.45) is 17.3 Å². The van der Waals surface area contributed by atoms with Gasteiger partial charge in [0.15, 0.2) is 0 Å². The third-order valence-corrected chi connectivity index (χ3v) is 6.90. The molecule has 4 aliphatic rings. The highest BCUT2D eigenvalue weighted by atomic mass is 32.1. The minimum Gasteiger partial charge on any atom is -0.494 e. The van der Waals surface area contributed by atoms with Crippen LogP contribution in [0.25, 0.3) is 0 Å². The Morgan fingerprint density at radius 2 is 2.20 bits per heavy atom. The number of nitrogens with zero attached hydrogens (tertiary/aromatic N) is 1. The van der Waals surface area contributed by atoms with Gasteiger partial charge in [0.1, 0.15) is 5.60 Å². The van der Waals surface area contributed by atoms with Crippen LogP contribution < -0.4 is 10.2 Å². The molecule has 4 fully saturated rings. The van der Waals surface area contributed by atoms with E-state index in [-0.39, 0.29) is 27.8 Å². The number of hydrogen-bond acceptors (Lipinski definition) is 5. The maximum atomic E-state index is 12.4. The summed E-state index contributed by atoms with van der Waals surface area (Å²) in [5.41, 5.74) is -0.729. The molecule has 4 atom stereocenters. The number of alkyl carbamates (subject to hydrolysis) is 1. The van der Waals surface area contributed by atoms with Gasteiger partial charge in [-0.05, 0) is 70.1 Å². The maximum Gasteiger partial charge on any atom is 0.408 e. The Hall–Kier alpha value is -1.50. The minimum atomic E-state index is -0.510. The SMILES string of the molecule is CC(C)(C)OC(=O)NC12CC3CC1CC(Cn1c(O)csc1=O)(C3)C2. The molecule has 4 aliphatic carbocycles. The topological polar surface area (TPSA) is 80.6 Å². The minimum absolute atomic E-state index is 0.0107. The highest BCUT2D eigenvalue weighted by Gasteiger charge is 2.64. The molecular formula is C18H26N2O4S. The Kier molecular flexibility index (Phi) is 3.56. The number of rotatable bonds is 3. The zero-order valence-electron chi connectivity index (χ0n) is 15.0. The van der Waals surface area contributed by atoms with E-state index in [4.69, 9.17) is 4.74 Å². The molecule has 1 aromatic rings. The quantitative estimate of drug-likeness (QED) is 0.861. The van der Waals surface area contributed by atoms with Gasteiger partial charge >= 0.3 is 11.0 Å².